The smallest absolute Gasteiger partial charge is 0.317 e. The molecule has 0 bridgehead atoms. The maximum Gasteiger partial charge on any atom is 0.317 e. The first-order chi connectivity index (χ1) is 12.8. The molecule has 1 aromatic carbocycles. The fourth-order valence-corrected chi connectivity index (χ4v) is 4.33. The van der Waals surface area contributed by atoms with E-state index in [1.165, 1.54) is 5.56 Å². The van der Waals surface area contributed by atoms with Crippen LogP contribution in [0.15, 0.2) is 47.8 Å². The number of carbonyl (C=O) groups is 1. The maximum absolute atomic E-state index is 11.8. The number of thioether (sulfide) groups is 1. The highest BCUT2D eigenvalue weighted by molar-refractivity contribution is 7.98. The molecule has 1 aromatic heterocycles. The number of hydrogen-bond acceptors (Lipinski definition) is 5. The van der Waals surface area contributed by atoms with Gasteiger partial charge in [-0.2, -0.15) is 0 Å². The highest BCUT2D eigenvalue weighted by Crippen LogP contribution is 2.25. The zero-order chi connectivity index (χ0) is 17.8. The molecule has 0 aliphatic carbocycles. The summed E-state index contributed by atoms with van der Waals surface area (Å²) < 4.78 is 0. The standard InChI is InChI=1S/C19H23N5OS/c25-19-21-8-11-24(19)16-6-9-23(10-7-16)17-12-20-13-18(22-17)26-14-15-4-2-1-3-5-15/h1-5,12-13,16H,6-11,14H2,(H,21,25). The van der Waals surface area contributed by atoms with Gasteiger partial charge in [-0.15, -0.1) is 11.8 Å². The maximum atomic E-state index is 11.8. The predicted molar refractivity (Wildman–Crippen MR) is 103 cm³/mol. The van der Waals surface area contributed by atoms with Gasteiger partial charge in [0.15, 0.2) is 0 Å². The lowest BCUT2D eigenvalue weighted by Crippen LogP contribution is -2.46. The van der Waals surface area contributed by atoms with Crippen LogP contribution >= 0.6 is 11.8 Å². The molecule has 2 aliphatic rings. The van der Waals surface area contributed by atoms with Crippen molar-refractivity contribution < 1.29 is 4.79 Å². The molecule has 136 valence electrons. The van der Waals surface area contributed by atoms with Gasteiger partial charge in [0.25, 0.3) is 0 Å². The van der Waals surface area contributed by atoms with Crippen molar-refractivity contribution in [3.63, 3.8) is 0 Å². The van der Waals surface area contributed by atoms with Gasteiger partial charge >= 0.3 is 6.03 Å². The Kier molecular flexibility index (Phi) is 5.24. The number of hydrogen-bond donors (Lipinski definition) is 1. The zero-order valence-electron chi connectivity index (χ0n) is 14.7. The molecule has 7 heteroatoms. The number of anilines is 1. The van der Waals surface area contributed by atoms with Crippen LogP contribution in [-0.4, -0.2) is 53.1 Å². The van der Waals surface area contributed by atoms with E-state index in [2.05, 4.69) is 39.5 Å². The average molecular weight is 369 g/mol. The van der Waals surface area contributed by atoms with Crippen LogP contribution in [-0.2, 0) is 5.75 Å². The van der Waals surface area contributed by atoms with E-state index in [4.69, 9.17) is 4.98 Å². The Morgan fingerprint density at radius 1 is 1.12 bits per heavy atom. The summed E-state index contributed by atoms with van der Waals surface area (Å²) >= 11 is 1.71. The van der Waals surface area contributed by atoms with Gasteiger partial charge in [-0.1, -0.05) is 30.3 Å². The summed E-state index contributed by atoms with van der Waals surface area (Å²) in [6, 6.07) is 10.8. The highest BCUT2D eigenvalue weighted by Gasteiger charge is 2.31. The van der Waals surface area contributed by atoms with Gasteiger partial charge in [-0.25, -0.2) is 9.78 Å². The summed E-state index contributed by atoms with van der Waals surface area (Å²) in [5, 5.41) is 3.84. The Morgan fingerprint density at radius 3 is 2.65 bits per heavy atom. The molecule has 0 unspecified atom stereocenters. The van der Waals surface area contributed by atoms with Crippen molar-refractivity contribution in [3.05, 3.63) is 48.3 Å². The van der Waals surface area contributed by atoms with Gasteiger partial charge in [0, 0.05) is 38.0 Å². The molecule has 3 heterocycles. The Hall–Kier alpha value is -2.28. The van der Waals surface area contributed by atoms with Crippen molar-refractivity contribution in [2.24, 2.45) is 0 Å². The molecule has 0 radical (unpaired) electrons. The second-order valence-corrected chi connectivity index (χ2v) is 7.63. The molecule has 0 atom stereocenters. The highest BCUT2D eigenvalue weighted by atomic mass is 32.2. The summed E-state index contributed by atoms with van der Waals surface area (Å²) in [5.74, 6) is 1.83. The number of benzene rings is 1. The summed E-state index contributed by atoms with van der Waals surface area (Å²) in [7, 11) is 0. The predicted octanol–water partition coefficient (Wildman–Crippen LogP) is 2.76. The third kappa shape index (κ3) is 3.93. The molecule has 2 fully saturated rings. The largest absolute Gasteiger partial charge is 0.355 e. The first kappa shape index (κ1) is 17.1. The van der Waals surface area contributed by atoms with Crippen molar-refractivity contribution in [2.75, 3.05) is 31.1 Å². The summed E-state index contributed by atoms with van der Waals surface area (Å²) in [6.45, 7) is 3.42. The molecule has 0 saturated carbocycles. The number of piperidine rings is 1. The Balaban J connectivity index is 1.34. The number of aromatic nitrogens is 2. The first-order valence-corrected chi connectivity index (χ1v) is 10.1. The second-order valence-electron chi connectivity index (χ2n) is 6.63. The van der Waals surface area contributed by atoms with Crippen LogP contribution in [0.4, 0.5) is 10.6 Å². The van der Waals surface area contributed by atoms with E-state index in [1.54, 1.807) is 11.8 Å². The van der Waals surface area contributed by atoms with Gasteiger partial charge in [-0.05, 0) is 18.4 Å². The number of urea groups is 1. The Labute approximate surface area is 158 Å². The van der Waals surface area contributed by atoms with E-state index < -0.39 is 0 Å². The quantitative estimate of drug-likeness (QED) is 0.821. The lowest BCUT2D eigenvalue weighted by Gasteiger charge is -2.36. The molecule has 26 heavy (non-hydrogen) atoms. The molecule has 0 spiro atoms. The minimum absolute atomic E-state index is 0.0857. The van der Waals surface area contributed by atoms with Crippen LogP contribution < -0.4 is 10.2 Å². The molecule has 2 saturated heterocycles. The molecule has 4 rings (SSSR count). The molecule has 2 amide bonds. The fraction of sp³-hybridized carbons (Fsp3) is 0.421. The van der Waals surface area contributed by atoms with E-state index >= 15 is 0 Å². The van der Waals surface area contributed by atoms with Crippen LogP contribution in [0.25, 0.3) is 0 Å². The van der Waals surface area contributed by atoms with Crippen molar-refractivity contribution in [3.8, 4) is 0 Å². The topological polar surface area (TPSA) is 61.4 Å². The van der Waals surface area contributed by atoms with Gasteiger partial charge in [0.2, 0.25) is 0 Å². The van der Waals surface area contributed by atoms with Crippen LogP contribution in [0.3, 0.4) is 0 Å². The minimum atomic E-state index is 0.0857. The van der Waals surface area contributed by atoms with Crippen molar-refractivity contribution in [2.45, 2.75) is 29.7 Å². The molecular weight excluding hydrogens is 346 g/mol. The van der Waals surface area contributed by atoms with Gasteiger partial charge in [0.1, 0.15) is 10.8 Å². The summed E-state index contributed by atoms with van der Waals surface area (Å²) in [4.78, 5) is 25.3. The van der Waals surface area contributed by atoms with Gasteiger partial charge < -0.3 is 15.1 Å². The Morgan fingerprint density at radius 2 is 1.92 bits per heavy atom. The van der Waals surface area contributed by atoms with Crippen molar-refractivity contribution in [1.29, 1.82) is 0 Å². The van der Waals surface area contributed by atoms with Crippen LogP contribution in [0.2, 0.25) is 0 Å². The summed E-state index contributed by atoms with van der Waals surface area (Å²) in [5.41, 5.74) is 1.29. The molecule has 2 aliphatic heterocycles. The number of amides is 2. The van der Waals surface area contributed by atoms with E-state index in [-0.39, 0.29) is 6.03 Å². The van der Waals surface area contributed by atoms with Gasteiger partial charge in [0.05, 0.1) is 12.4 Å². The molecule has 1 N–H and O–H groups in total. The van der Waals surface area contributed by atoms with Crippen LogP contribution in [0, 0.1) is 0 Å². The van der Waals surface area contributed by atoms with Crippen LogP contribution in [0.1, 0.15) is 18.4 Å². The third-order valence-electron chi connectivity index (χ3n) is 4.95. The van der Waals surface area contributed by atoms with Gasteiger partial charge in [-0.3, -0.25) is 4.98 Å². The van der Waals surface area contributed by atoms with Crippen molar-refractivity contribution >= 4 is 23.6 Å². The fourth-order valence-electron chi connectivity index (χ4n) is 3.53. The SMILES string of the molecule is O=C1NCCN1C1CCN(c2cncc(SCc3ccccc3)n2)CC1. The summed E-state index contributed by atoms with van der Waals surface area (Å²) in [6.07, 6.45) is 5.64. The Bertz CT molecular complexity index is 749. The molecular formula is C19H23N5OS. The average Bonchev–Trinajstić information content (AvgIpc) is 3.13. The molecule has 6 nitrogen and oxygen atoms in total. The monoisotopic (exact) mass is 369 g/mol. The third-order valence-corrected chi connectivity index (χ3v) is 5.92. The van der Waals surface area contributed by atoms with E-state index in [0.717, 1.165) is 55.6 Å². The number of rotatable bonds is 5. The molecule has 2 aromatic rings. The minimum Gasteiger partial charge on any atom is -0.355 e. The van der Waals surface area contributed by atoms with Crippen LogP contribution in [0.5, 0.6) is 0 Å². The first-order valence-electron chi connectivity index (χ1n) is 9.08. The van der Waals surface area contributed by atoms with E-state index in [1.807, 2.05) is 23.4 Å². The number of carbonyl (C=O) groups excluding carboxylic acids is 1. The number of nitrogens with zero attached hydrogens (tertiary/aromatic N) is 4. The van der Waals surface area contributed by atoms with E-state index in [9.17, 15) is 4.79 Å². The second kappa shape index (κ2) is 7.95. The lowest BCUT2D eigenvalue weighted by atomic mass is 10.0. The normalized spacial score (nSPS) is 18.2. The number of nitrogens with one attached hydrogen (secondary N) is 1. The zero-order valence-corrected chi connectivity index (χ0v) is 15.5. The lowest BCUT2D eigenvalue weighted by molar-refractivity contribution is 0.186. The van der Waals surface area contributed by atoms with E-state index in [0.29, 0.717) is 6.04 Å². The van der Waals surface area contributed by atoms with Crippen molar-refractivity contribution in [1.82, 2.24) is 20.2 Å².